The first-order valence-electron chi connectivity index (χ1n) is 6.02. The van der Waals surface area contributed by atoms with Crippen LogP contribution in [0.4, 0.5) is 0 Å². The average Bonchev–Trinajstić information content (AvgIpc) is 2.24. The van der Waals surface area contributed by atoms with Crippen LogP contribution in [0.3, 0.4) is 0 Å². The number of aryl methyl sites for hydroxylation is 2. The molecule has 90 valence electrons. The van der Waals surface area contributed by atoms with E-state index in [1.54, 1.807) is 5.56 Å². The van der Waals surface area contributed by atoms with Gasteiger partial charge in [-0.3, -0.25) is 0 Å². The Morgan fingerprint density at radius 1 is 1.19 bits per heavy atom. The number of hydrogen-bond acceptors (Lipinski definition) is 1. The molecule has 0 atom stereocenters. The molecule has 0 saturated carbocycles. The Morgan fingerprint density at radius 2 is 1.88 bits per heavy atom. The number of halogens is 1. The molecule has 2 rings (SSSR count). The van der Waals surface area contributed by atoms with Gasteiger partial charge in [0.1, 0.15) is 0 Å². The molecule has 2 heteroatoms. The molecule has 0 bridgehead atoms. The highest BCUT2D eigenvalue weighted by molar-refractivity contribution is 5.85. The predicted octanol–water partition coefficient (Wildman–Crippen LogP) is 3.27. The lowest BCUT2D eigenvalue weighted by Crippen LogP contribution is -2.28. The van der Waals surface area contributed by atoms with Gasteiger partial charge in [0.15, 0.2) is 0 Å². The second kappa shape index (κ2) is 6.27. The summed E-state index contributed by atoms with van der Waals surface area (Å²) in [5.41, 5.74) is 4.39. The number of piperidine rings is 1. The Labute approximate surface area is 105 Å². The minimum Gasteiger partial charge on any atom is -0.317 e. The molecular formula is C14H22ClN. The van der Waals surface area contributed by atoms with Gasteiger partial charge in [0.25, 0.3) is 0 Å². The lowest BCUT2D eigenvalue weighted by Gasteiger charge is -2.23. The van der Waals surface area contributed by atoms with Crippen LogP contribution >= 0.6 is 12.4 Å². The third-order valence-electron chi connectivity index (χ3n) is 3.47. The van der Waals surface area contributed by atoms with E-state index < -0.39 is 0 Å². The van der Waals surface area contributed by atoms with Crippen molar-refractivity contribution in [1.29, 1.82) is 0 Å². The van der Waals surface area contributed by atoms with Crippen molar-refractivity contribution in [2.45, 2.75) is 33.1 Å². The van der Waals surface area contributed by atoms with Crippen molar-refractivity contribution in [2.24, 2.45) is 5.92 Å². The van der Waals surface area contributed by atoms with E-state index >= 15 is 0 Å². The van der Waals surface area contributed by atoms with Crippen molar-refractivity contribution in [2.75, 3.05) is 13.1 Å². The zero-order valence-corrected chi connectivity index (χ0v) is 11.1. The maximum Gasteiger partial charge on any atom is -0.00462 e. The molecule has 1 saturated heterocycles. The Balaban J connectivity index is 0.00000128. The van der Waals surface area contributed by atoms with Crippen molar-refractivity contribution in [3.8, 4) is 0 Å². The molecule has 0 unspecified atom stereocenters. The normalized spacial score (nSPS) is 16.9. The molecule has 1 N–H and O–H groups in total. The summed E-state index contributed by atoms with van der Waals surface area (Å²) in [6.45, 7) is 6.82. The van der Waals surface area contributed by atoms with E-state index in [4.69, 9.17) is 0 Å². The molecule has 0 amide bonds. The molecule has 1 aliphatic heterocycles. The van der Waals surface area contributed by atoms with Gasteiger partial charge in [-0.25, -0.2) is 0 Å². The van der Waals surface area contributed by atoms with E-state index in [1.165, 1.54) is 43.5 Å². The molecule has 1 fully saturated rings. The molecule has 1 aliphatic rings. The summed E-state index contributed by atoms with van der Waals surface area (Å²) in [4.78, 5) is 0. The summed E-state index contributed by atoms with van der Waals surface area (Å²) >= 11 is 0. The largest absolute Gasteiger partial charge is 0.317 e. The van der Waals surface area contributed by atoms with Crippen molar-refractivity contribution in [3.05, 3.63) is 34.9 Å². The SMILES string of the molecule is Cc1ccc(CC2CCNCC2)c(C)c1.Cl. The first kappa shape index (κ1) is 13.5. The molecule has 1 aromatic rings. The maximum atomic E-state index is 3.42. The third-order valence-corrected chi connectivity index (χ3v) is 3.47. The standard InChI is InChI=1S/C14H21N.ClH/c1-11-3-4-14(12(2)9-11)10-13-5-7-15-8-6-13;/h3-4,9,13,15H,5-8,10H2,1-2H3;1H. The Morgan fingerprint density at radius 3 is 2.50 bits per heavy atom. The second-order valence-corrected chi connectivity index (χ2v) is 4.83. The van der Waals surface area contributed by atoms with Gasteiger partial charge in [-0.2, -0.15) is 0 Å². The van der Waals surface area contributed by atoms with Gasteiger partial charge in [-0.05, 0) is 63.2 Å². The van der Waals surface area contributed by atoms with Crippen LogP contribution in [0.25, 0.3) is 0 Å². The fourth-order valence-electron chi connectivity index (χ4n) is 2.47. The smallest absolute Gasteiger partial charge is 0.00462 e. The average molecular weight is 240 g/mol. The van der Waals surface area contributed by atoms with Crippen LogP contribution in [0.1, 0.15) is 29.5 Å². The van der Waals surface area contributed by atoms with Crippen LogP contribution in [-0.4, -0.2) is 13.1 Å². The monoisotopic (exact) mass is 239 g/mol. The summed E-state index contributed by atoms with van der Waals surface area (Å²) in [5, 5.41) is 3.42. The van der Waals surface area contributed by atoms with Crippen molar-refractivity contribution in [1.82, 2.24) is 5.32 Å². The highest BCUT2D eigenvalue weighted by Crippen LogP contribution is 2.20. The lowest BCUT2D eigenvalue weighted by atomic mass is 9.89. The number of nitrogens with one attached hydrogen (secondary N) is 1. The van der Waals surface area contributed by atoms with E-state index in [0.29, 0.717) is 0 Å². The quantitative estimate of drug-likeness (QED) is 0.836. The molecule has 0 aromatic heterocycles. The van der Waals surface area contributed by atoms with E-state index in [0.717, 1.165) is 5.92 Å². The number of benzene rings is 1. The van der Waals surface area contributed by atoms with Gasteiger partial charge >= 0.3 is 0 Å². The Bertz CT molecular complexity index is 330. The van der Waals surface area contributed by atoms with Crippen molar-refractivity contribution in [3.63, 3.8) is 0 Å². The topological polar surface area (TPSA) is 12.0 Å². The van der Waals surface area contributed by atoms with E-state index in [9.17, 15) is 0 Å². The highest BCUT2D eigenvalue weighted by Gasteiger charge is 2.14. The Kier molecular flexibility index (Phi) is 5.30. The van der Waals surface area contributed by atoms with Crippen LogP contribution in [0, 0.1) is 19.8 Å². The van der Waals surface area contributed by atoms with Gasteiger partial charge in [0.2, 0.25) is 0 Å². The van der Waals surface area contributed by atoms with Crippen LogP contribution < -0.4 is 5.32 Å². The summed E-state index contributed by atoms with van der Waals surface area (Å²) in [6, 6.07) is 6.85. The first-order chi connectivity index (χ1) is 7.25. The maximum absolute atomic E-state index is 3.42. The molecule has 1 aromatic carbocycles. The molecule has 0 spiro atoms. The van der Waals surface area contributed by atoms with E-state index in [1.807, 2.05) is 0 Å². The summed E-state index contributed by atoms with van der Waals surface area (Å²) in [5.74, 6) is 0.896. The van der Waals surface area contributed by atoms with Gasteiger partial charge in [0.05, 0.1) is 0 Å². The minimum absolute atomic E-state index is 0. The van der Waals surface area contributed by atoms with E-state index in [2.05, 4.69) is 37.4 Å². The Hall–Kier alpha value is -0.530. The summed E-state index contributed by atoms with van der Waals surface area (Å²) in [6.07, 6.45) is 3.95. The highest BCUT2D eigenvalue weighted by atomic mass is 35.5. The van der Waals surface area contributed by atoms with Gasteiger partial charge in [-0.15, -0.1) is 12.4 Å². The number of hydrogen-bond donors (Lipinski definition) is 1. The van der Waals surface area contributed by atoms with Crippen LogP contribution in [-0.2, 0) is 6.42 Å². The third kappa shape index (κ3) is 3.50. The van der Waals surface area contributed by atoms with Crippen LogP contribution in [0.5, 0.6) is 0 Å². The van der Waals surface area contributed by atoms with Crippen LogP contribution in [0.2, 0.25) is 0 Å². The molecule has 16 heavy (non-hydrogen) atoms. The molecule has 1 nitrogen and oxygen atoms in total. The van der Waals surface area contributed by atoms with Crippen molar-refractivity contribution >= 4 is 12.4 Å². The second-order valence-electron chi connectivity index (χ2n) is 4.83. The first-order valence-corrected chi connectivity index (χ1v) is 6.02. The van der Waals surface area contributed by atoms with Crippen LogP contribution in [0.15, 0.2) is 18.2 Å². The molecule has 0 radical (unpaired) electrons. The molecule has 1 heterocycles. The molecule has 0 aliphatic carbocycles. The van der Waals surface area contributed by atoms with E-state index in [-0.39, 0.29) is 12.4 Å². The zero-order chi connectivity index (χ0) is 10.7. The summed E-state index contributed by atoms with van der Waals surface area (Å²) < 4.78 is 0. The predicted molar refractivity (Wildman–Crippen MR) is 72.5 cm³/mol. The fourth-order valence-corrected chi connectivity index (χ4v) is 2.47. The summed E-state index contributed by atoms with van der Waals surface area (Å²) in [7, 11) is 0. The number of rotatable bonds is 2. The lowest BCUT2D eigenvalue weighted by molar-refractivity contribution is 0.372. The van der Waals surface area contributed by atoms with Crippen molar-refractivity contribution < 1.29 is 0 Å². The van der Waals surface area contributed by atoms with Gasteiger partial charge in [0, 0.05) is 0 Å². The van der Waals surface area contributed by atoms with Gasteiger partial charge in [-0.1, -0.05) is 23.8 Å². The minimum atomic E-state index is 0. The van der Waals surface area contributed by atoms with Gasteiger partial charge < -0.3 is 5.32 Å². The fraction of sp³-hybridized carbons (Fsp3) is 0.571. The zero-order valence-electron chi connectivity index (χ0n) is 10.3. The molecular weight excluding hydrogens is 218 g/mol.